The third-order valence-electron chi connectivity index (χ3n) is 8.03. The number of nitrogens with one attached hydrogen (secondary N) is 2. The molecule has 8 heteroatoms. The number of nitrogens with zero attached hydrogens (tertiary/aromatic N) is 2. The maximum Gasteiger partial charge on any atom is 0.299 e. The average molecular weight is 608 g/mol. The van der Waals surface area contributed by atoms with Gasteiger partial charge in [-0.3, -0.25) is 14.6 Å². The number of aryl methyl sites for hydroxylation is 4. The van der Waals surface area contributed by atoms with Crippen molar-refractivity contribution in [3.63, 3.8) is 0 Å². The molecule has 0 saturated heterocycles. The van der Waals surface area contributed by atoms with E-state index in [4.69, 9.17) is 10.5 Å². The molecular formula is C37H45N5O3. The van der Waals surface area contributed by atoms with E-state index >= 15 is 0 Å². The van der Waals surface area contributed by atoms with E-state index in [9.17, 15) is 9.59 Å². The molecule has 2 aliphatic carbocycles. The van der Waals surface area contributed by atoms with Gasteiger partial charge in [0.15, 0.2) is 5.78 Å². The molecule has 6 rings (SSSR count). The molecule has 0 unspecified atom stereocenters. The number of hydrogen-bond donors (Lipinski definition) is 3. The van der Waals surface area contributed by atoms with Crippen LogP contribution in [0.1, 0.15) is 87.0 Å². The van der Waals surface area contributed by atoms with Gasteiger partial charge in [-0.1, -0.05) is 29.8 Å². The molecule has 45 heavy (non-hydrogen) atoms. The van der Waals surface area contributed by atoms with Gasteiger partial charge in [0.25, 0.3) is 6.47 Å². The molecule has 0 amide bonds. The monoisotopic (exact) mass is 607 g/mol. The number of aromatic nitrogens is 2. The van der Waals surface area contributed by atoms with Crippen molar-refractivity contribution < 1.29 is 14.3 Å². The van der Waals surface area contributed by atoms with Crippen LogP contribution in [0.2, 0.25) is 0 Å². The van der Waals surface area contributed by atoms with Crippen LogP contribution < -0.4 is 21.1 Å². The van der Waals surface area contributed by atoms with Crippen molar-refractivity contribution in [3.8, 4) is 5.88 Å². The van der Waals surface area contributed by atoms with Crippen molar-refractivity contribution in [2.24, 2.45) is 0 Å². The topological polar surface area (TPSA) is 119 Å². The Labute approximate surface area is 266 Å². The van der Waals surface area contributed by atoms with Crippen molar-refractivity contribution in [1.29, 1.82) is 0 Å². The van der Waals surface area contributed by atoms with Crippen LogP contribution in [-0.4, -0.2) is 36.3 Å². The number of Topliss-reactive ketones (excluding diaryl/α,β-unsaturated/α-hetero) is 1. The molecule has 2 aliphatic rings. The predicted octanol–water partition coefficient (Wildman–Crippen LogP) is 7.46. The van der Waals surface area contributed by atoms with Gasteiger partial charge in [-0.05, 0) is 117 Å². The zero-order valence-electron chi connectivity index (χ0n) is 27.2. The van der Waals surface area contributed by atoms with Gasteiger partial charge in [0, 0.05) is 44.2 Å². The van der Waals surface area contributed by atoms with E-state index in [1.807, 2.05) is 84.4 Å². The molecule has 236 valence electrons. The number of rotatable bonds is 9. The molecule has 2 heterocycles. The lowest BCUT2D eigenvalue weighted by Crippen LogP contribution is -2.10. The Morgan fingerprint density at radius 1 is 0.822 bits per heavy atom. The number of ketones is 1. The summed E-state index contributed by atoms with van der Waals surface area (Å²) >= 11 is 0. The Morgan fingerprint density at radius 3 is 1.89 bits per heavy atom. The van der Waals surface area contributed by atoms with Crippen molar-refractivity contribution in [2.45, 2.75) is 71.6 Å². The maximum atomic E-state index is 12.6. The number of nitrogens with two attached hydrogens (primary N) is 1. The van der Waals surface area contributed by atoms with E-state index in [1.165, 1.54) is 42.4 Å². The van der Waals surface area contributed by atoms with Crippen molar-refractivity contribution in [1.82, 2.24) is 9.97 Å². The Kier molecular flexibility index (Phi) is 11.3. The minimum absolute atomic E-state index is 0.0851. The Morgan fingerprint density at radius 2 is 1.38 bits per heavy atom. The second-order valence-corrected chi connectivity index (χ2v) is 11.9. The molecule has 2 saturated carbocycles. The number of ether oxygens (including phenoxy) is 1. The fraction of sp³-hybridized carbons (Fsp3) is 0.351. The summed E-state index contributed by atoms with van der Waals surface area (Å²) in [6, 6.07) is 16.3. The van der Waals surface area contributed by atoms with Crippen LogP contribution in [0.3, 0.4) is 0 Å². The smallest absolute Gasteiger partial charge is 0.299 e. The van der Waals surface area contributed by atoms with Gasteiger partial charge in [0.1, 0.15) is 5.69 Å². The van der Waals surface area contributed by atoms with Crippen LogP contribution in [0.5, 0.6) is 5.88 Å². The van der Waals surface area contributed by atoms with E-state index < -0.39 is 0 Å². The van der Waals surface area contributed by atoms with Gasteiger partial charge in [-0.15, -0.1) is 0 Å². The molecule has 2 aromatic carbocycles. The minimum Gasteiger partial charge on any atom is -0.409 e. The second-order valence-electron chi connectivity index (χ2n) is 11.9. The summed E-state index contributed by atoms with van der Waals surface area (Å²) in [5.41, 5.74) is 16.9. The standard InChI is InChI=1S/C19H22N2O.C10H11NO2.C8H12N2/c1-12-4-7-17(20-3)15(8-12)10-18(22)19-13(2)9-16(11-21-19)14-5-6-14;1-7-4-9(8-2-3-8)5-11-10(7)13-6-12;1-6-3-4-8(10-2)7(9)5-6/h4,7-9,11,14,20H,5-6,10H2,1-3H3;4-6,8H,2-3H2,1H3;3-5,10H,9H2,1-2H3. The molecule has 4 aromatic rings. The first-order valence-electron chi connectivity index (χ1n) is 15.5. The number of anilines is 3. The first-order chi connectivity index (χ1) is 21.6. The lowest BCUT2D eigenvalue weighted by atomic mass is 9.99. The first-order valence-corrected chi connectivity index (χ1v) is 15.5. The van der Waals surface area contributed by atoms with Crippen LogP contribution in [0, 0.1) is 27.7 Å². The largest absolute Gasteiger partial charge is 0.409 e. The lowest BCUT2D eigenvalue weighted by Gasteiger charge is -2.11. The highest BCUT2D eigenvalue weighted by atomic mass is 16.5. The molecule has 4 N–H and O–H groups in total. The number of pyridine rings is 2. The molecule has 2 fully saturated rings. The summed E-state index contributed by atoms with van der Waals surface area (Å²) in [5, 5.41) is 6.15. The van der Waals surface area contributed by atoms with Gasteiger partial charge in [-0.25, -0.2) is 4.98 Å². The Bertz CT molecular complexity index is 1640. The molecule has 0 bridgehead atoms. The molecule has 2 aromatic heterocycles. The van der Waals surface area contributed by atoms with Crippen molar-refractivity contribution in [3.05, 3.63) is 106 Å². The van der Waals surface area contributed by atoms with Crippen LogP contribution >= 0.6 is 0 Å². The summed E-state index contributed by atoms with van der Waals surface area (Å²) in [5.74, 6) is 1.86. The zero-order chi connectivity index (χ0) is 32.5. The lowest BCUT2D eigenvalue weighted by molar-refractivity contribution is -0.121. The van der Waals surface area contributed by atoms with Gasteiger partial charge >= 0.3 is 0 Å². The molecule has 0 aliphatic heterocycles. The first kappa shape index (κ1) is 33.2. The number of carbonyl (C=O) groups is 2. The molecule has 0 atom stereocenters. The SMILES string of the molecule is CNc1ccc(C)cc1CC(=O)c1ncc(C2CC2)cc1C.CNc1ccc(C)cc1N.Cc1cc(C2CC2)cnc1OC=O. The van der Waals surface area contributed by atoms with Crippen LogP contribution in [-0.2, 0) is 11.2 Å². The summed E-state index contributed by atoms with van der Waals surface area (Å²) in [6.07, 6.45) is 9.08. The second kappa shape index (κ2) is 15.3. The summed E-state index contributed by atoms with van der Waals surface area (Å²) < 4.78 is 4.70. The van der Waals surface area contributed by atoms with Crippen LogP contribution in [0.25, 0.3) is 0 Å². The van der Waals surface area contributed by atoms with Gasteiger partial charge in [-0.2, -0.15) is 0 Å². The molecule has 0 radical (unpaired) electrons. The Hall–Kier alpha value is -4.72. The third-order valence-corrected chi connectivity index (χ3v) is 8.03. The maximum absolute atomic E-state index is 12.6. The normalized spacial score (nSPS) is 13.4. The molecule has 8 nitrogen and oxygen atoms in total. The van der Waals surface area contributed by atoms with E-state index in [2.05, 4.69) is 32.7 Å². The van der Waals surface area contributed by atoms with Crippen LogP contribution in [0.15, 0.2) is 60.9 Å². The minimum atomic E-state index is 0.0851. The zero-order valence-corrected chi connectivity index (χ0v) is 27.2. The fourth-order valence-electron chi connectivity index (χ4n) is 5.20. The highest BCUT2D eigenvalue weighted by Gasteiger charge is 2.25. The summed E-state index contributed by atoms with van der Waals surface area (Å²) in [4.78, 5) is 31.2. The van der Waals surface area contributed by atoms with Crippen molar-refractivity contribution in [2.75, 3.05) is 30.5 Å². The highest BCUT2D eigenvalue weighted by Crippen LogP contribution is 2.41. The van der Waals surface area contributed by atoms with Gasteiger partial charge in [0.2, 0.25) is 5.88 Å². The number of carbonyl (C=O) groups excluding carboxylic acids is 2. The molecule has 0 spiro atoms. The number of nitrogen functional groups attached to an aromatic ring is 1. The average Bonchev–Trinajstić information content (AvgIpc) is 3.93. The molecular weight excluding hydrogens is 562 g/mol. The van der Waals surface area contributed by atoms with E-state index in [0.717, 1.165) is 39.3 Å². The van der Waals surface area contributed by atoms with Gasteiger partial charge in [0.05, 0.1) is 11.4 Å². The van der Waals surface area contributed by atoms with E-state index in [0.29, 0.717) is 36.3 Å². The van der Waals surface area contributed by atoms with Crippen LogP contribution in [0.4, 0.5) is 17.1 Å². The summed E-state index contributed by atoms with van der Waals surface area (Å²) in [6.45, 7) is 8.36. The van der Waals surface area contributed by atoms with E-state index in [1.54, 1.807) is 6.20 Å². The van der Waals surface area contributed by atoms with E-state index in [-0.39, 0.29) is 5.78 Å². The number of benzene rings is 2. The predicted molar refractivity (Wildman–Crippen MR) is 182 cm³/mol. The highest BCUT2D eigenvalue weighted by molar-refractivity contribution is 5.97. The van der Waals surface area contributed by atoms with Crippen molar-refractivity contribution >= 4 is 29.3 Å². The summed E-state index contributed by atoms with van der Waals surface area (Å²) in [7, 11) is 3.74. The van der Waals surface area contributed by atoms with Gasteiger partial charge < -0.3 is 21.1 Å². The number of hydrogen-bond acceptors (Lipinski definition) is 8. The quantitative estimate of drug-likeness (QED) is 0.102. The fourth-order valence-corrected chi connectivity index (χ4v) is 5.20. The Balaban J connectivity index is 0.000000170. The third kappa shape index (κ3) is 9.38.